The summed E-state index contributed by atoms with van der Waals surface area (Å²) in [6.45, 7) is 0. The van der Waals surface area contributed by atoms with Gasteiger partial charge in [-0.25, -0.2) is 0 Å². The molecule has 0 aromatic carbocycles. The third-order valence-corrected chi connectivity index (χ3v) is 3.15. The van der Waals surface area contributed by atoms with E-state index in [-0.39, 0.29) is 24.5 Å². The maximum Gasteiger partial charge on any atom is 0.307 e. The monoisotopic (exact) mass is 224 g/mol. The van der Waals surface area contributed by atoms with Gasteiger partial charge in [0.25, 0.3) is 0 Å². The lowest BCUT2D eigenvalue weighted by molar-refractivity contribution is -0.153. The summed E-state index contributed by atoms with van der Waals surface area (Å²) in [4.78, 5) is 45.5. The standard InChI is InChI=1S/C11H12O5/c12-7-3-6(11(15)16)4-8(13)9(7)10(14)5-1-2-5/h5-6,9H,1-4H2,(H,15,16). The average molecular weight is 224 g/mol. The van der Waals surface area contributed by atoms with E-state index in [0.29, 0.717) is 0 Å². The first-order chi connectivity index (χ1) is 7.50. The van der Waals surface area contributed by atoms with Crippen LogP contribution in [0.5, 0.6) is 0 Å². The number of hydrogen-bond acceptors (Lipinski definition) is 4. The molecule has 2 aliphatic rings. The molecule has 2 fully saturated rings. The number of carboxylic acids is 1. The van der Waals surface area contributed by atoms with Gasteiger partial charge in [0.2, 0.25) is 0 Å². The predicted octanol–water partition coefficient (Wildman–Crippen LogP) is 0.214. The highest BCUT2D eigenvalue weighted by Gasteiger charge is 2.46. The number of carbonyl (C=O) groups excluding carboxylic acids is 3. The fourth-order valence-electron chi connectivity index (χ4n) is 2.07. The summed E-state index contributed by atoms with van der Waals surface area (Å²) in [6.07, 6.45) is 1.12. The van der Waals surface area contributed by atoms with Crippen LogP contribution in [0.15, 0.2) is 0 Å². The Labute approximate surface area is 91.8 Å². The molecule has 0 aromatic heterocycles. The molecule has 0 radical (unpaired) electrons. The van der Waals surface area contributed by atoms with Crippen molar-refractivity contribution >= 4 is 23.3 Å². The van der Waals surface area contributed by atoms with Crippen LogP contribution in [0.25, 0.3) is 0 Å². The lowest BCUT2D eigenvalue weighted by Gasteiger charge is -2.22. The summed E-state index contributed by atoms with van der Waals surface area (Å²) >= 11 is 0. The number of ketones is 3. The Morgan fingerprint density at radius 1 is 1.00 bits per heavy atom. The molecule has 2 rings (SSSR count). The Morgan fingerprint density at radius 3 is 1.88 bits per heavy atom. The van der Waals surface area contributed by atoms with E-state index in [2.05, 4.69) is 0 Å². The SMILES string of the molecule is O=C(O)C1CC(=O)C(C(=O)C2CC2)C(=O)C1. The average Bonchev–Trinajstić information content (AvgIpc) is 2.98. The highest BCUT2D eigenvalue weighted by atomic mass is 16.4. The van der Waals surface area contributed by atoms with Gasteiger partial charge < -0.3 is 5.11 Å². The van der Waals surface area contributed by atoms with Crippen LogP contribution >= 0.6 is 0 Å². The van der Waals surface area contributed by atoms with E-state index in [0.717, 1.165) is 12.8 Å². The Morgan fingerprint density at radius 2 is 1.50 bits per heavy atom. The van der Waals surface area contributed by atoms with Crippen LogP contribution in [0, 0.1) is 17.8 Å². The van der Waals surface area contributed by atoms with Crippen molar-refractivity contribution in [2.24, 2.45) is 17.8 Å². The van der Waals surface area contributed by atoms with Crippen LogP contribution in [0.3, 0.4) is 0 Å². The number of hydrogen-bond donors (Lipinski definition) is 1. The summed E-state index contributed by atoms with van der Waals surface area (Å²) in [6, 6.07) is 0. The Balaban J connectivity index is 2.11. The van der Waals surface area contributed by atoms with Crippen molar-refractivity contribution in [2.75, 3.05) is 0 Å². The summed E-state index contributed by atoms with van der Waals surface area (Å²) in [5, 5.41) is 8.73. The molecule has 2 saturated carbocycles. The van der Waals surface area contributed by atoms with Crippen LogP contribution in [0.1, 0.15) is 25.7 Å². The van der Waals surface area contributed by atoms with Gasteiger partial charge in [0.15, 0.2) is 17.3 Å². The Kier molecular flexibility index (Phi) is 2.61. The van der Waals surface area contributed by atoms with E-state index >= 15 is 0 Å². The predicted molar refractivity (Wildman–Crippen MR) is 51.6 cm³/mol. The van der Waals surface area contributed by atoms with Crippen molar-refractivity contribution in [2.45, 2.75) is 25.7 Å². The number of rotatable bonds is 3. The minimum absolute atomic E-state index is 0.140. The lowest BCUT2D eigenvalue weighted by atomic mass is 9.77. The van der Waals surface area contributed by atoms with Crippen LogP contribution in [0.2, 0.25) is 0 Å². The fourth-order valence-corrected chi connectivity index (χ4v) is 2.07. The van der Waals surface area contributed by atoms with Crippen molar-refractivity contribution in [1.29, 1.82) is 0 Å². The molecule has 5 heteroatoms. The van der Waals surface area contributed by atoms with Gasteiger partial charge in [-0.2, -0.15) is 0 Å². The van der Waals surface area contributed by atoms with Gasteiger partial charge in [0.1, 0.15) is 5.92 Å². The van der Waals surface area contributed by atoms with Crippen LogP contribution in [-0.2, 0) is 19.2 Å². The molecule has 1 N–H and O–H groups in total. The Hall–Kier alpha value is -1.52. The summed E-state index contributed by atoms with van der Waals surface area (Å²) in [5.74, 6) is -4.70. The van der Waals surface area contributed by atoms with E-state index in [4.69, 9.17) is 5.11 Å². The van der Waals surface area contributed by atoms with Crippen LogP contribution < -0.4 is 0 Å². The molecule has 2 aliphatic carbocycles. The zero-order valence-electron chi connectivity index (χ0n) is 8.64. The van der Waals surface area contributed by atoms with Crippen molar-refractivity contribution in [3.63, 3.8) is 0 Å². The zero-order chi connectivity index (χ0) is 11.9. The molecule has 0 spiro atoms. The molecule has 0 bridgehead atoms. The second-order valence-electron chi connectivity index (χ2n) is 4.49. The molecule has 0 amide bonds. The quantitative estimate of drug-likeness (QED) is 0.692. The third-order valence-electron chi connectivity index (χ3n) is 3.15. The van der Waals surface area contributed by atoms with Gasteiger partial charge in [-0.05, 0) is 12.8 Å². The van der Waals surface area contributed by atoms with Gasteiger partial charge in [-0.1, -0.05) is 0 Å². The summed E-state index contributed by atoms with van der Waals surface area (Å²) in [7, 11) is 0. The molecular formula is C11H12O5. The maximum atomic E-state index is 11.7. The van der Waals surface area contributed by atoms with Crippen LogP contribution in [0.4, 0.5) is 0 Å². The fraction of sp³-hybridized carbons (Fsp3) is 0.636. The minimum Gasteiger partial charge on any atom is -0.481 e. The number of Topliss-reactive ketones (excluding diaryl/α,β-unsaturated/α-hetero) is 3. The molecule has 0 saturated heterocycles. The van der Waals surface area contributed by atoms with Gasteiger partial charge >= 0.3 is 5.97 Å². The van der Waals surface area contributed by atoms with E-state index in [1.807, 2.05) is 0 Å². The van der Waals surface area contributed by atoms with Crippen molar-refractivity contribution in [3.8, 4) is 0 Å². The number of carboxylic acid groups (broad SMARTS) is 1. The first-order valence-electron chi connectivity index (χ1n) is 5.32. The lowest BCUT2D eigenvalue weighted by Crippen LogP contribution is -2.41. The highest BCUT2D eigenvalue weighted by Crippen LogP contribution is 2.35. The number of carbonyl (C=O) groups is 4. The van der Waals surface area contributed by atoms with Crippen LogP contribution in [-0.4, -0.2) is 28.4 Å². The molecule has 0 heterocycles. The maximum absolute atomic E-state index is 11.7. The molecule has 0 aromatic rings. The molecular weight excluding hydrogens is 212 g/mol. The molecule has 16 heavy (non-hydrogen) atoms. The van der Waals surface area contributed by atoms with Crippen molar-refractivity contribution in [1.82, 2.24) is 0 Å². The topological polar surface area (TPSA) is 88.5 Å². The van der Waals surface area contributed by atoms with Gasteiger partial charge in [-0.3, -0.25) is 19.2 Å². The zero-order valence-corrected chi connectivity index (χ0v) is 8.64. The third kappa shape index (κ3) is 1.89. The normalized spacial score (nSPS) is 30.2. The molecule has 0 aliphatic heterocycles. The first kappa shape index (κ1) is 11.0. The van der Waals surface area contributed by atoms with Gasteiger partial charge in [0.05, 0.1) is 5.92 Å². The summed E-state index contributed by atoms with van der Waals surface area (Å²) < 4.78 is 0. The van der Waals surface area contributed by atoms with Crippen molar-refractivity contribution in [3.05, 3.63) is 0 Å². The van der Waals surface area contributed by atoms with E-state index < -0.39 is 29.4 Å². The Bertz CT molecular complexity index is 362. The smallest absolute Gasteiger partial charge is 0.307 e. The number of aliphatic carboxylic acids is 1. The van der Waals surface area contributed by atoms with E-state index in [9.17, 15) is 19.2 Å². The van der Waals surface area contributed by atoms with Crippen molar-refractivity contribution < 1.29 is 24.3 Å². The summed E-state index contributed by atoms with van der Waals surface area (Å²) in [5.41, 5.74) is 0. The molecule has 0 atom stereocenters. The largest absolute Gasteiger partial charge is 0.481 e. The molecule has 86 valence electrons. The van der Waals surface area contributed by atoms with Gasteiger partial charge in [0, 0.05) is 18.8 Å². The van der Waals surface area contributed by atoms with Gasteiger partial charge in [-0.15, -0.1) is 0 Å². The first-order valence-corrected chi connectivity index (χ1v) is 5.32. The molecule has 5 nitrogen and oxygen atoms in total. The second kappa shape index (κ2) is 3.81. The highest BCUT2D eigenvalue weighted by molar-refractivity contribution is 6.22. The van der Waals surface area contributed by atoms with E-state index in [1.165, 1.54) is 0 Å². The molecule has 0 unspecified atom stereocenters. The minimum atomic E-state index is -1.16. The van der Waals surface area contributed by atoms with E-state index in [1.54, 1.807) is 0 Å². The second-order valence-corrected chi connectivity index (χ2v) is 4.49.